The predicted octanol–water partition coefficient (Wildman–Crippen LogP) is 8.14. The van der Waals surface area contributed by atoms with Gasteiger partial charge >= 0.3 is 0 Å². The van der Waals surface area contributed by atoms with Crippen molar-refractivity contribution in [1.82, 2.24) is 15.0 Å². The van der Waals surface area contributed by atoms with Gasteiger partial charge in [-0.25, -0.2) is 4.98 Å². The first-order valence-corrected chi connectivity index (χ1v) is 11.7. The van der Waals surface area contributed by atoms with Crippen molar-refractivity contribution in [2.24, 2.45) is 0 Å². The molecule has 0 bridgehead atoms. The highest BCUT2D eigenvalue weighted by molar-refractivity contribution is 9.10. The maximum atomic E-state index is 6.34. The zero-order valence-corrected chi connectivity index (χ0v) is 19.2. The third-order valence-electron chi connectivity index (χ3n) is 5.33. The first-order valence-electron chi connectivity index (χ1n) is 9.68. The highest BCUT2D eigenvalue weighted by atomic mass is 79.9. The van der Waals surface area contributed by atoms with Gasteiger partial charge in [-0.3, -0.25) is 0 Å². The Morgan fingerprint density at radius 1 is 0.677 bits per heavy atom. The van der Waals surface area contributed by atoms with E-state index >= 15 is 0 Å². The lowest BCUT2D eigenvalue weighted by atomic mass is 10.0. The second-order valence-corrected chi connectivity index (χ2v) is 9.57. The van der Waals surface area contributed by atoms with E-state index in [4.69, 9.17) is 16.6 Å². The molecule has 6 aromatic rings. The Labute approximate surface area is 195 Å². The van der Waals surface area contributed by atoms with Crippen molar-refractivity contribution < 1.29 is 0 Å². The molecule has 31 heavy (non-hydrogen) atoms. The summed E-state index contributed by atoms with van der Waals surface area (Å²) in [5.74, 6) is 1.15. The molecule has 0 atom stereocenters. The van der Waals surface area contributed by atoms with Crippen LogP contribution in [0.15, 0.2) is 83.3 Å². The first kappa shape index (κ1) is 18.9. The molecule has 0 fully saturated rings. The van der Waals surface area contributed by atoms with Crippen LogP contribution in [0.3, 0.4) is 0 Å². The number of halogens is 2. The van der Waals surface area contributed by atoms with Gasteiger partial charge in [-0.15, -0.1) is 11.3 Å². The minimum atomic E-state index is 0.188. The molecule has 2 heterocycles. The average Bonchev–Trinajstić information content (AvgIpc) is 3.14. The van der Waals surface area contributed by atoms with Gasteiger partial charge in [-0.2, -0.15) is 9.97 Å². The molecule has 0 radical (unpaired) electrons. The van der Waals surface area contributed by atoms with Crippen LogP contribution >= 0.6 is 38.9 Å². The Morgan fingerprint density at radius 2 is 1.42 bits per heavy atom. The lowest BCUT2D eigenvalue weighted by molar-refractivity contribution is 1.07. The molecule has 2 aromatic heterocycles. The summed E-state index contributed by atoms with van der Waals surface area (Å²) in [4.78, 5) is 13.6. The average molecular weight is 503 g/mol. The molecule has 148 valence electrons. The van der Waals surface area contributed by atoms with E-state index in [-0.39, 0.29) is 5.28 Å². The summed E-state index contributed by atoms with van der Waals surface area (Å²) in [5, 5.41) is 4.89. The second-order valence-electron chi connectivity index (χ2n) is 7.23. The van der Waals surface area contributed by atoms with Crippen LogP contribution in [0.5, 0.6) is 0 Å². The zero-order chi connectivity index (χ0) is 20.9. The minimum absolute atomic E-state index is 0.188. The summed E-state index contributed by atoms with van der Waals surface area (Å²) < 4.78 is 3.51. The van der Waals surface area contributed by atoms with Gasteiger partial charge in [0, 0.05) is 35.8 Å². The molecule has 0 N–H and O–H groups in total. The number of hydrogen-bond acceptors (Lipinski definition) is 4. The van der Waals surface area contributed by atoms with Crippen molar-refractivity contribution in [1.29, 1.82) is 0 Å². The van der Waals surface area contributed by atoms with Gasteiger partial charge in [0.2, 0.25) is 5.28 Å². The van der Waals surface area contributed by atoms with Crippen molar-refractivity contribution in [2.75, 3.05) is 0 Å². The Hall–Kier alpha value is -2.86. The van der Waals surface area contributed by atoms with E-state index in [1.54, 1.807) is 11.3 Å². The van der Waals surface area contributed by atoms with E-state index < -0.39 is 0 Å². The summed E-state index contributed by atoms with van der Waals surface area (Å²) in [7, 11) is 0. The quantitative estimate of drug-likeness (QED) is 0.240. The number of aromatic nitrogens is 3. The number of benzene rings is 4. The molecule has 0 unspecified atom stereocenters. The predicted molar refractivity (Wildman–Crippen MR) is 134 cm³/mol. The third kappa shape index (κ3) is 3.30. The summed E-state index contributed by atoms with van der Waals surface area (Å²) in [6.45, 7) is 0. The summed E-state index contributed by atoms with van der Waals surface area (Å²) in [6.07, 6.45) is 0. The Balaban J connectivity index is 1.53. The van der Waals surface area contributed by atoms with Gasteiger partial charge in [-0.1, -0.05) is 76.6 Å². The van der Waals surface area contributed by atoms with Crippen LogP contribution in [-0.4, -0.2) is 15.0 Å². The van der Waals surface area contributed by atoms with Gasteiger partial charge in [0.15, 0.2) is 11.6 Å². The Kier molecular flexibility index (Phi) is 4.49. The molecule has 4 aromatic carbocycles. The molecule has 0 amide bonds. The Morgan fingerprint density at radius 3 is 2.32 bits per heavy atom. The van der Waals surface area contributed by atoms with Gasteiger partial charge in [0.1, 0.15) is 0 Å². The van der Waals surface area contributed by atoms with Gasteiger partial charge in [-0.05, 0) is 40.6 Å². The highest BCUT2D eigenvalue weighted by Crippen LogP contribution is 2.37. The second kappa shape index (κ2) is 7.38. The van der Waals surface area contributed by atoms with Crippen LogP contribution in [0.1, 0.15) is 0 Å². The minimum Gasteiger partial charge on any atom is -0.208 e. The largest absolute Gasteiger partial charge is 0.226 e. The van der Waals surface area contributed by atoms with Crippen molar-refractivity contribution in [3.05, 3.63) is 88.6 Å². The topological polar surface area (TPSA) is 38.7 Å². The Bertz CT molecular complexity index is 1620. The fourth-order valence-corrected chi connectivity index (χ4v) is 5.77. The van der Waals surface area contributed by atoms with Gasteiger partial charge < -0.3 is 0 Å². The summed E-state index contributed by atoms with van der Waals surface area (Å²) >= 11 is 11.7. The van der Waals surface area contributed by atoms with Crippen molar-refractivity contribution >= 4 is 69.8 Å². The molecule has 6 rings (SSSR count). The third-order valence-corrected chi connectivity index (χ3v) is 7.11. The molecule has 0 saturated carbocycles. The molecule has 0 aliphatic carbocycles. The summed E-state index contributed by atoms with van der Waals surface area (Å²) in [6, 6.07) is 27.0. The maximum Gasteiger partial charge on any atom is 0.226 e. The van der Waals surface area contributed by atoms with Crippen molar-refractivity contribution in [2.45, 2.75) is 0 Å². The smallest absolute Gasteiger partial charge is 0.208 e. The number of hydrogen-bond donors (Lipinski definition) is 0. The van der Waals surface area contributed by atoms with Crippen LogP contribution < -0.4 is 0 Å². The van der Waals surface area contributed by atoms with Crippen LogP contribution in [0.25, 0.3) is 53.7 Å². The van der Waals surface area contributed by atoms with Crippen LogP contribution in [0.4, 0.5) is 0 Å². The number of rotatable bonds is 2. The fraction of sp³-hybridized carbons (Fsp3) is 0. The molecule has 0 aliphatic rings. The van der Waals surface area contributed by atoms with Gasteiger partial charge in [0.05, 0.1) is 0 Å². The van der Waals surface area contributed by atoms with Crippen LogP contribution in [0.2, 0.25) is 5.28 Å². The van der Waals surface area contributed by atoms with E-state index in [0.29, 0.717) is 11.6 Å². The zero-order valence-electron chi connectivity index (χ0n) is 16.0. The first-order chi connectivity index (χ1) is 15.2. The van der Waals surface area contributed by atoms with Crippen LogP contribution in [0, 0.1) is 0 Å². The van der Waals surface area contributed by atoms with E-state index in [2.05, 4.69) is 80.5 Å². The van der Waals surface area contributed by atoms with E-state index in [1.807, 2.05) is 24.3 Å². The fourth-order valence-electron chi connectivity index (χ4n) is 3.91. The molecule has 0 aliphatic heterocycles. The van der Waals surface area contributed by atoms with E-state index in [1.165, 1.54) is 20.2 Å². The van der Waals surface area contributed by atoms with Crippen molar-refractivity contribution in [3.8, 4) is 22.8 Å². The molecule has 0 spiro atoms. The standard InChI is InChI=1S/C25H13BrClN3S/c26-16-9-11-19-18-10-8-15(12-21(18)31-22(19)13-16)23-28-24(30-25(27)29-23)20-7-3-5-14-4-1-2-6-17(14)20/h1-13H. The van der Waals surface area contributed by atoms with Crippen molar-refractivity contribution in [3.63, 3.8) is 0 Å². The molecule has 0 saturated heterocycles. The van der Waals surface area contributed by atoms with Crippen LogP contribution in [-0.2, 0) is 0 Å². The molecular weight excluding hydrogens is 490 g/mol. The van der Waals surface area contributed by atoms with Gasteiger partial charge in [0.25, 0.3) is 0 Å². The number of nitrogens with zero attached hydrogens (tertiary/aromatic N) is 3. The number of thiophene rings is 1. The molecule has 3 nitrogen and oxygen atoms in total. The lowest BCUT2D eigenvalue weighted by Gasteiger charge is -2.08. The number of fused-ring (bicyclic) bond motifs is 4. The van der Waals surface area contributed by atoms with E-state index in [9.17, 15) is 0 Å². The SMILES string of the molecule is Clc1nc(-c2ccc3c(c2)sc2cc(Br)ccc23)nc(-c2cccc3ccccc23)n1. The molecular formula is C25H13BrClN3S. The van der Waals surface area contributed by atoms with E-state index in [0.717, 1.165) is 26.4 Å². The summed E-state index contributed by atoms with van der Waals surface area (Å²) in [5.41, 5.74) is 1.86. The molecule has 6 heteroatoms. The highest BCUT2D eigenvalue weighted by Gasteiger charge is 2.13. The normalized spacial score (nSPS) is 11.5. The lowest BCUT2D eigenvalue weighted by Crippen LogP contribution is -1.97. The monoisotopic (exact) mass is 501 g/mol. The maximum absolute atomic E-state index is 6.34.